The largest absolute Gasteiger partial charge is 0.435 e. The van der Waals surface area contributed by atoms with Crippen LogP contribution < -0.4 is 15.4 Å². The van der Waals surface area contributed by atoms with Crippen LogP contribution in [0.25, 0.3) is 32.4 Å². The average Bonchev–Trinajstić information content (AvgIpc) is 3.40. The van der Waals surface area contributed by atoms with E-state index in [9.17, 15) is 35.2 Å². The quantitative estimate of drug-likeness (QED) is 0.112. The highest BCUT2D eigenvalue weighted by atomic mass is 32.2. The highest BCUT2D eigenvalue weighted by Gasteiger charge is 2.68. The number of carbonyl (C=O) groups excluding carboxylic acids is 1. The number of para-hydroxylation sites is 1. The number of pyridine rings is 1. The molecule has 1 amide bonds. The van der Waals surface area contributed by atoms with Crippen LogP contribution >= 0.6 is 11.3 Å². The highest BCUT2D eigenvalue weighted by Crippen LogP contribution is 2.68. The molecule has 0 aliphatic heterocycles. The minimum absolute atomic E-state index is 0.0205. The number of halogens is 7. The van der Waals surface area contributed by atoms with Crippen molar-refractivity contribution in [3.8, 4) is 11.1 Å². The SMILES string of the molecule is CN(C)CCNc1nc2nc([C@H](Cc3cc(F)cc(F)c3)NC(=O)Cn3nc(C(F)(F)F)c4c3C(F)(F)[C@@H]3CC43)c(-c3cccc4c(NS(C)(=O)=O)nn(C)c34)cc2s1. The number of likely N-dealkylation sites (N-methyl/N-ethyl adjacent to an activating group) is 1. The number of fused-ring (bicyclic) bond motifs is 5. The summed E-state index contributed by atoms with van der Waals surface area (Å²) in [6.45, 7) is 0.143. The normalized spacial score (nSPS) is 17.7. The Labute approximate surface area is 335 Å². The van der Waals surface area contributed by atoms with E-state index in [2.05, 4.69) is 30.5 Å². The topological polar surface area (TPSA) is 152 Å². The first kappa shape index (κ1) is 40.4. The third-order valence-corrected chi connectivity index (χ3v) is 11.7. The van der Waals surface area contributed by atoms with Crippen molar-refractivity contribution in [2.45, 2.75) is 43.4 Å². The van der Waals surface area contributed by atoms with Crippen molar-refractivity contribution >= 4 is 59.5 Å². The van der Waals surface area contributed by atoms with Crippen LogP contribution in [0.4, 0.5) is 41.7 Å². The molecule has 0 radical (unpaired) electrons. The van der Waals surface area contributed by atoms with E-state index in [0.717, 1.165) is 18.4 Å². The lowest BCUT2D eigenvalue weighted by Crippen LogP contribution is -2.35. The third-order valence-electron chi connectivity index (χ3n) is 10.2. The average molecular weight is 865 g/mol. The molecule has 1 unspecified atom stereocenters. The second kappa shape index (κ2) is 14.4. The molecular formula is C37H35F7N10O3S2. The first-order valence-corrected chi connectivity index (χ1v) is 20.8. The number of aryl methyl sites for hydroxylation is 1. The van der Waals surface area contributed by atoms with Crippen molar-refractivity contribution in [3.63, 3.8) is 0 Å². The molecule has 8 rings (SSSR count). The molecule has 59 heavy (non-hydrogen) atoms. The lowest BCUT2D eigenvalue weighted by molar-refractivity contribution is -0.142. The number of nitrogens with one attached hydrogen (secondary N) is 3. The Morgan fingerprint density at radius 1 is 1.07 bits per heavy atom. The standard InChI is InChI=1S/C37H35F7N10O3S2/c1-52(2)9-8-45-35-48-34-26(58-35)15-22(20-6-5-7-21-30(20)53(3)50-33(21)51-59(4,56)57)29(47-34)25(12-17-10-18(38)13-19(39)11-17)46-27(55)16-54-32-28(31(49-54)37(42,43)44)23-14-24(23)36(32,40)41/h5-7,10-11,13,15,23-25H,8-9,12,14,16H2,1-4H3,(H,46,55)(H,50,51)(H,45,47,48)/t23?,24-,25+/m1/s1. The van der Waals surface area contributed by atoms with Crippen LogP contribution in [-0.2, 0) is 46.9 Å². The highest BCUT2D eigenvalue weighted by molar-refractivity contribution is 7.92. The van der Waals surface area contributed by atoms with Crippen molar-refractivity contribution in [2.75, 3.05) is 43.5 Å². The van der Waals surface area contributed by atoms with E-state index in [1.807, 2.05) is 19.0 Å². The second-order valence-electron chi connectivity index (χ2n) is 15.0. The lowest BCUT2D eigenvalue weighted by Gasteiger charge is -2.23. The van der Waals surface area contributed by atoms with Crippen molar-refractivity contribution in [2.24, 2.45) is 13.0 Å². The number of benzene rings is 2. The summed E-state index contributed by atoms with van der Waals surface area (Å²) in [6.07, 6.45) is -4.57. The van der Waals surface area contributed by atoms with E-state index < -0.39 is 81.0 Å². The summed E-state index contributed by atoms with van der Waals surface area (Å²) in [4.78, 5) is 25.5. The van der Waals surface area contributed by atoms with Crippen LogP contribution in [0, 0.1) is 17.6 Å². The minimum Gasteiger partial charge on any atom is -0.360 e. The van der Waals surface area contributed by atoms with Crippen LogP contribution in [0.3, 0.4) is 0 Å². The fourth-order valence-electron chi connectivity index (χ4n) is 7.78. The molecule has 0 saturated heterocycles. The molecule has 2 aromatic carbocycles. The monoisotopic (exact) mass is 864 g/mol. The van der Waals surface area contributed by atoms with Gasteiger partial charge in [-0.25, -0.2) is 27.2 Å². The van der Waals surface area contributed by atoms with Gasteiger partial charge in [0.25, 0.3) is 5.92 Å². The number of carbonyl (C=O) groups is 1. The van der Waals surface area contributed by atoms with Crippen molar-refractivity contribution < 1.29 is 43.9 Å². The molecule has 1 saturated carbocycles. The van der Waals surface area contributed by atoms with Crippen LogP contribution in [0.1, 0.15) is 46.6 Å². The summed E-state index contributed by atoms with van der Waals surface area (Å²) in [5.41, 5.74) is -1.52. The summed E-state index contributed by atoms with van der Waals surface area (Å²) in [7, 11) is 1.61. The minimum atomic E-state index is -5.06. The molecule has 1 fully saturated rings. The maximum Gasteiger partial charge on any atom is 0.435 e. The summed E-state index contributed by atoms with van der Waals surface area (Å²) in [5.74, 6) is -8.91. The van der Waals surface area contributed by atoms with Gasteiger partial charge in [0.1, 0.15) is 23.9 Å². The van der Waals surface area contributed by atoms with Gasteiger partial charge in [-0.2, -0.15) is 32.1 Å². The number of sulfonamides is 1. The van der Waals surface area contributed by atoms with E-state index in [1.54, 1.807) is 31.3 Å². The molecule has 3 atom stereocenters. The predicted molar refractivity (Wildman–Crippen MR) is 206 cm³/mol. The van der Waals surface area contributed by atoms with Gasteiger partial charge in [0.2, 0.25) is 15.9 Å². The third kappa shape index (κ3) is 7.79. The number of nitrogens with zero attached hydrogens (tertiary/aromatic N) is 7. The number of hydrogen-bond acceptors (Lipinski definition) is 10. The lowest BCUT2D eigenvalue weighted by atomic mass is 9.94. The fourth-order valence-corrected chi connectivity index (χ4v) is 9.15. The van der Waals surface area contributed by atoms with E-state index in [0.29, 0.717) is 55.7 Å². The maximum absolute atomic E-state index is 15.4. The fraction of sp³-hybridized carbons (Fsp3) is 0.378. The van der Waals surface area contributed by atoms with Gasteiger partial charge < -0.3 is 15.5 Å². The van der Waals surface area contributed by atoms with Crippen molar-refractivity contribution in [1.82, 2.24) is 39.7 Å². The Balaban J connectivity index is 1.27. The molecule has 0 spiro atoms. The number of rotatable bonds is 13. The predicted octanol–water partition coefficient (Wildman–Crippen LogP) is 6.39. The first-order chi connectivity index (χ1) is 27.7. The van der Waals surface area contributed by atoms with E-state index in [4.69, 9.17) is 4.98 Å². The zero-order valence-electron chi connectivity index (χ0n) is 31.6. The summed E-state index contributed by atoms with van der Waals surface area (Å²) in [6, 6.07) is 8.10. The summed E-state index contributed by atoms with van der Waals surface area (Å²) in [5, 5.41) is 14.7. The van der Waals surface area contributed by atoms with Crippen LogP contribution in [0.5, 0.6) is 0 Å². The number of alkyl halides is 5. The van der Waals surface area contributed by atoms with Gasteiger partial charge in [-0.3, -0.25) is 18.9 Å². The molecule has 2 aliphatic carbocycles. The molecule has 2 aliphatic rings. The molecular weight excluding hydrogens is 830 g/mol. The van der Waals surface area contributed by atoms with Gasteiger partial charge in [-0.1, -0.05) is 23.5 Å². The Morgan fingerprint density at radius 2 is 1.80 bits per heavy atom. The first-order valence-electron chi connectivity index (χ1n) is 18.1. The molecule has 22 heteroatoms. The van der Waals surface area contributed by atoms with Crippen molar-refractivity contribution in [1.29, 1.82) is 0 Å². The van der Waals surface area contributed by atoms with E-state index in [1.165, 1.54) is 16.0 Å². The van der Waals surface area contributed by atoms with Crippen LogP contribution in [-0.4, -0.2) is 82.2 Å². The Bertz CT molecular complexity index is 2750. The summed E-state index contributed by atoms with van der Waals surface area (Å²) < 4.78 is 132. The second-order valence-corrected chi connectivity index (χ2v) is 17.8. The van der Waals surface area contributed by atoms with Gasteiger partial charge >= 0.3 is 6.18 Å². The van der Waals surface area contributed by atoms with Gasteiger partial charge in [0.15, 0.2) is 22.3 Å². The molecule has 4 aromatic heterocycles. The zero-order valence-corrected chi connectivity index (χ0v) is 33.3. The van der Waals surface area contributed by atoms with Crippen LogP contribution in [0.2, 0.25) is 0 Å². The van der Waals surface area contributed by atoms with E-state index in [-0.39, 0.29) is 35.6 Å². The molecule has 312 valence electrons. The van der Waals surface area contributed by atoms with E-state index >= 15 is 8.78 Å². The Morgan fingerprint density at radius 3 is 2.47 bits per heavy atom. The number of thiazole rings is 1. The Kier molecular flexibility index (Phi) is 9.89. The number of hydrogen-bond donors (Lipinski definition) is 3. The van der Waals surface area contributed by atoms with Gasteiger partial charge in [-0.15, -0.1) is 0 Å². The van der Waals surface area contributed by atoms with Crippen LogP contribution in [0.15, 0.2) is 42.5 Å². The van der Waals surface area contributed by atoms with Crippen molar-refractivity contribution in [3.05, 3.63) is 82.3 Å². The summed E-state index contributed by atoms with van der Waals surface area (Å²) >= 11 is 1.27. The number of amides is 1. The molecule has 3 N–H and O–H groups in total. The smallest absolute Gasteiger partial charge is 0.360 e. The van der Waals surface area contributed by atoms with Gasteiger partial charge in [0, 0.05) is 54.2 Å². The number of anilines is 2. The maximum atomic E-state index is 15.4. The number of aromatic nitrogens is 6. The molecule has 13 nitrogen and oxygen atoms in total. The Hall–Kier alpha value is -5.35. The molecule has 6 aromatic rings. The zero-order chi connectivity index (χ0) is 42.3. The molecule has 0 bridgehead atoms. The van der Waals surface area contributed by atoms with Gasteiger partial charge in [-0.05, 0) is 62.7 Å². The molecule has 4 heterocycles. The van der Waals surface area contributed by atoms with Gasteiger partial charge in [0.05, 0.1) is 28.2 Å².